The normalized spacial score (nSPS) is 12.6. The van der Waals surface area contributed by atoms with Crippen LogP contribution in [0.1, 0.15) is 52.0 Å². The second kappa shape index (κ2) is 7.16. The van der Waals surface area contributed by atoms with Gasteiger partial charge in [-0.2, -0.15) is 0 Å². The quantitative estimate of drug-likeness (QED) is 0.643. The molecule has 1 aromatic rings. The van der Waals surface area contributed by atoms with E-state index in [4.69, 9.17) is 10.1 Å². The van der Waals surface area contributed by atoms with E-state index >= 15 is 0 Å². The molecule has 0 aliphatic heterocycles. The van der Waals surface area contributed by atoms with Crippen LogP contribution < -0.4 is 0 Å². The Balaban J connectivity index is 2.52. The molecule has 1 rings (SSSR count). The zero-order valence-electron chi connectivity index (χ0n) is 13.1. The lowest BCUT2D eigenvalue weighted by Crippen LogP contribution is -2.25. The van der Waals surface area contributed by atoms with Crippen LogP contribution in [0.25, 0.3) is 0 Å². The fraction of sp³-hybridized carbons (Fsp3) is 0.471. The first kappa shape index (κ1) is 17.1. The number of esters is 1. The molecule has 1 N–H and O–H groups in total. The van der Waals surface area contributed by atoms with Crippen LogP contribution in [-0.4, -0.2) is 23.1 Å². The van der Waals surface area contributed by atoms with Crippen molar-refractivity contribution in [2.45, 2.75) is 52.1 Å². The van der Waals surface area contributed by atoms with E-state index in [1.165, 1.54) is 0 Å². The molecule has 0 spiro atoms. The van der Waals surface area contributed by atoms with Crippen LogP contribution in [0.3, 0.4) is 0 Å². The minimum atomic E-state index is -0.551. The van der Waals surface area contributed by atoms with Crippen molar-refractivity contribution in [2.75, 3.05) is 0 Å². The second-order valence-electron chi connectivity index (χ2n) is 6.06. The summed E-state index contributed by atoms with van der Waals surface area (Å²) in [5.74, 6) is -0.981. The smallest absolute Gasteiger partial charge is 0.306 e. The van der Waals surface area contributed by atoms with Crippen LogP contribution in [0.4, 0.5) is 0 Å². The number of hydrogen-bond donors (Lipinski definition) is 1. The van der Waals surface area contributed by atoms with Gasteiger partial charge >= 0.3 is 5.97 Å². The van der Waals surface area contributed by atoms with Crippen molar-refractivity contribution in [1.82, 2.24) is 0 Å². The highest BCUT2D eigenvalue weighted by Gasteiger charge is 2.21. The first-order chi connectivity index (χ1) is 9.70. The average Bonchev–Trinajstić information content (AvgIpc) is 2.42. The first-order valence-corrected chi connectivity index (χ1v) is 7.09. The molecule has 114 valence electrons. The van der Waals surface area contributed by atoms with Gasteiger partial charge in [-0.05, 0) is 26.3 Å². The first-order valence-electron chi connectivity index (χ1n) is 7.09. The van der Waals surface area contributed by atoms with Crippen molar-refractivity contribution < 1.29 is 14.3 Å². The average molecular weight is 289 g/mol. The highest BCUT2D eigenvalue weighted by atomic mass is 16.6. The van der Waals surface area contributed by atoms with Gasteiger partial charge in [0.15, 0.2) is 5.78 Å². The van der Waals surface area contributed by atoms with Crippen molar-refractivity contribution in [3.8, 4) is 0 Å². The van der Waals surface area contributed by atoms with Crippen LogP contribution in [0, 0.1) is 5.41 Å². The third-order valence-corrected chi connectivity index (χ3v) is 3.01. The summed E-state index contributed by atoms with van der Waals surface area (Å²) in [6, 6.07) is 9.43. The second-order valence-corrected chi connectivity index (χ2v) is 6.06. The Kier molecular flexibility index (Phi) is 5.82. The monoisotopic (exact) mass is 289 g/mol. The van der Waals surface area contributed by atoms with Crippen LogP contribution in [0.2, 0.25) is 0 Å². The standard InChI is InChI=1S/C17H23NO3/c1-12(13-8-6-5-7-9-13)16(18)14(19)10-11-15(20)21-17(2,3)4/h5-9,12,18H,10-11H2,1-4H3/t12-/m1/s1. The summed E-state index contributed by atoms with van der Waals surface area (Å²) in [5.41, 5.74) is 0.406. The molecule has 4 heteroatoms. The number of rotatable bonds is 6. The molecule has 0 aliphatic carbocycles. The third kappa shape index (κ3) is 5.90. The van der Waals surface area contributed by atoms with Crippen molar-refractivity contribution >= 4 is 17.5 Å². The zero-order valence-corrected chi connectivity index (χ0v) is 13.1. The molecule has 0 unspecified atom stereocenters. The third-order valence-electron chi connectivity index (χ3n) is 3.01. The van der Waals surface area contributed by atoms with Crippen LogP contribution in [0.5, 0.6) is 0 Å². The number of carbonyl (C=O) groups excluding carboxylic acids is 2. The van der Waals surface area contributed by atoms with E-state index in [1.807, 2.05) is 37.3 Å². The van der Waals surface area contributed by atoms with Crippen LogP contribution in [-0.2, 0) is 14.3 Å². The van der Waals surface area contributed by atoms with Gasteiger partial charge in [0.05, 0.1) is 12.1 Å². The number of carbonyl (C=O) groups is 2. The Morgan fingerprint density at radius 3 is 2.24 bits per heavy atom. The van der Waals surface area contributed by atoms with Gasteiger partial charge in [-0.25, -0.2) is 0 Å². The van der Waals surface area contributed by atoms with Crippen molar-refractivity contribution in [3.63, 3.8) is 0 Å². The molecule has 0 heterocycles. The Labute approximate surface area is 126 Å². The summed E-state index contributed by atoms with van der Waals surface area (Å²) in [5, 5.41) is 7.96. The molecule has 0 radical (unpaired) electrons. The fourth-order valence-corrected chi connectivity index (χ4v) is 1.89. The minimum Gasteiger partial charge on any atom is -0.460 e. The summed E-state index contributed by atoms with van der Waals surface area (Å²) in [6.45, 7) is 7.17. The molecule has 4 nitrogen and oxygen atoms in total. The van der Waals surface area contributed by atoms with E-state index in [1.54, 1.807) is 20.8 Å². The molecule has 0 aromatic heterocycles. The van der Waals surface area contributed by atoms with E-state index < -0.39 is 11.6 Å². The molecule has 21 heavy (non-hydrogen) atoms. The lowest BCUT2D eigenvalue weighted by atomic mass is 9.92. The Morgan fingerprint density at radius 2 is 1.71 bits per heavy atom. The maximum atomic E-state index is 12.0. The predicted molar refractivity (Wildman–Crippen MR) is 82.7 cm³/mol. The summed E-state index contributed by atoms with van der Waals surface area (Å²) in [6.07, 6.45) is 0.0327. The molecule has 1 aromatic carbocycles. The van der Waals surface area contributed by atoms with E-state index in [2.05, 4.69) is 0 Å². The van der Waals surface area contributed by atoms with E-state index in [0.717, 1.165) is 5.56 Å². The number of nitrogens with one attached hydrogen (secondary N) is 1. The van der Waals surface area contributed by atoms with Gasteiger partial charge < -0.3 is 10.1 Å². The van der Waals surface area contributed by atoms with Gasteiger partial charge in [-0.15, -0.1) is 0 Å². The predicted octanol–water partition coefficient (Wildman–Crippen LogP) is 3.50. The maximum absolute atomic E-state index is 12.0. The van der Waals surface area contributed by atoms with Crippen molar-refractivity contribution in [2.24, 2.45) is 0 Å². The minimum absolute atomic E-state index is 0.0139. The zero-order chi connectivity index (χ0) is 16.0. The topological polar surface area (TPSA) is 67.2 Å². The number of benzene rings is 1. The van der Waals surface area contributed by atoms with E-state index in [0.29, 0.717) is 0 Å². The van der Waals surface area contributed by atoms with Gasteiger partial charge in [-0.1, -0.05) is 37.3 Å². The molecule has 0 fully saturated rings. The Morgan fingerprint density at radius 1 is 1.14 bits per heavy atom. The molecule has 0 amide bonds. The van der Waals surface area contributed by atoms with E-state index in [-0.39, 0.29) is 30.3 Å². The summed E-state index contributed by atoms with van der Waals surface area (Å²) in [4.78, 5) is 23.6. The van der Waals surface area contributed by atoms with Crippen molar-refractivity contribution in [3.05, 3.63) is 35.9 Å². The molecule has 0 saturated carbocycles. The number of ether oxygens (including phenoxy) is 1. The molecule has 1 atom stereocenters. The van der Waals surface area contributed by atoms with Gasteiger partial charge in [0.2, 0.25) is 0 Å². The summed E-state index contributed by atoms with van der Waals surface area (Å²) in [7, 11) is 0. The van der Waals surface area contributed by atoms with Gasteiger partial charge in [0.25, 0.3) is 0 Å². The number of hydrogen-bond acceptors (Lipinski definition) is 4. The largest absolute Gasteiger partial charge is 0.460 e. The number of ketones is 1. The molecular formula is C17H23NO3. The molecule has 0 bridgehead atoms. The Hall–Kier alpha value is -1.97. The molecular weight excluding hydrogens is 266 g/mol. The molecule has 0 saturated heterocycles. The van der Waals surface area contributed by atoms with Crippen LogP contribution in [0.15, 0.2) is 30.3 Å². The van der Waals surface area contributed by atoms with E-state index in [9.17, 15) is 9.59 Å². The van der Waals surface area contributed by atoms with Gasteiger partial charge in [0.1, 0.15) is 5.60 Å². The van der Waals surface area contributed by atoms with Crippen molar-refractivity contribution in [1.29, 1.82) is 5.41 Å². The lowest BCUT2D eigenvalue weighted by Gasteiger charge is -2.19. The lowest BCUT2D eigenvalue weighted by molar-refractivity contribution is -0.155. The highest BCUT2D eigenvalue weighted by Crippen LogP contribution is 2.17. The van der Waals surface area contributed by atoms with Gasteiger partial charge in [-0.3, -0.25) is 9.59 Å². The highest BCUT2D eigenvalue weighted by molar-refractivity contribution is 6.40. The maximum Gasteiger partial charge on any atom is 0.306 e. The Bertz CT molecular complexity index is 515. The summed E-state index contributed by atoms with van der Waals surface area (Å²) < 4.78 is 5.15. The van der Waals surface area contributed by atoms with Crippen LogP contribution >= 0.6 is 0 Å². The molecule has 0 aliphatic rings. The fourth-order valence-electron chi connectivity index (χ4n) is 1.89. The number of Topliss-reactive ketones (excluding diaryl/α,β-unsaturated/α-hetero) is 1. The SMILES string of the molecule is C[C@@H](C(=N)C(=O)CCC(=O)OC(C)(C)C)c1ccccc1. The summed E-state index contributed by atoms with van der Waals surface area (Å²) >= 11 is 0. The van der Waals surface area contributed by atoms with Gasteiger partial charge in [0, 0.05) is 12.3 Å².